The van der Waals surface area contributed by atoms with E-state index in [4.69, 9.17) is 9.47 Å². The van der Waals surface area contributed by atoms with Crippen LogP contribution in [0.15, 0.2) is 70.9 Å². The van der Waals surface area contributed by atoms with Crippen LogP contribution in [-0.2, 0) is 9.47 Å². The number of hydrogen-bond acceptors (Lipinski definition) is 8. The van der Waals surface area contributed by atoms with Crippen LogP contribution in [0.25, 0.3) is 0 Å². The number of aliphatic hydroxyl groups excluding tert-OH is 4. The highest BCUT2D eigenvalue weighted by atomic mass is 16.5. The van der Waals surface area contributed by atoms with Gasteiger partial charge in [-0.1, -0.05) is 76.3 Å². The van der Waals surface area contributed by atoms with Crippen molar-refractivity contribution in [2.45, 2.75) is 225 Å². The molecule has 0 aliphatic heterocycles. The Morgan fingerprint density at radius 2 is 1.10 bits per heavy atom. The highest BCUT2D eigenvalue weighted by molar-refractivity contribution is 5.40. The van der Waals surface area contributed by atoms with E-state index in [0.717, 1.165) is 67.4 Å². The Morgan fingerprint density at radius 3 is 1.51 bits per heavy atom. The van der Waals surface area contributed by atoms with Gasteiger partial charge in [0, 0.05) is 26.1 Å². The molecule has 0 spiro atoms. The van der Waals surface area contributed by atoms with Crippen molar-refractivity contribution in [1.29, 1.82) is 0 Å². The molecule has 0 aromatic rings. The molecule has 0 radical (unpaired) electrons. The van der Waals surface area contributed by atoms with Gasteiger partial charge in [0.1, 0.15) is 0 Å². The Hall–Kier alpha value is -1.88. The fourth-order valence-corrected chi connectivity index (χ4v) is 13.0. The average Bonchev–Trinajstić information content (AvgIpc) is 3.78. The van der Waals surface area contributed by atoms with Crippen LogP contribution in [0.4, 0.5) is 0 Å². The molecule has 0 amide bonds. The van der Waals surface area contributed by atoms with E-state index >= 15 is 0 Å². The molecule has 6 rings (SSSR count). The predicted octanol–water partition coefficient (Wildman–Crippen LogP) is 10.6. The smallest absolute Gasteiger partial charge is 0.0811 e. The maximum atomic E-state index is 10.5. The highest BCUT2D eigenvalue weighted by Gasteiger charge is 2.52. The normalized spacial score (nSPS) is 37.6. The number of aliphatic hydroxyl groups is 6. The predicted molar refractivity (Wildman–Crippen MR) is 256 cm³/mol. The first-order chi connectivity index (χ1) is 29.6. The first-order valence-electron chi connectivity index (χ1n) is 25.2. The molecule has 0 aromatic heterocycles. The van der Waals surface area contributed by atoms with E-state index in [1.165, 1.54) is 62.5 Å². The van der Waals surface area contributed by atoms with Crippen LogP contribution in [0, 0.1) is 34.5 Å². The third-order valence-corrected chi connectivity index (χ3v) is 17.3. The highest BCUT2D eigenvalue weighted by Crippen LogP contribution is 2.60. The summed E-state index contributed by atoms with van der Waals surface area (Å²) < 4.78 is 12.5. The summed E-state index contributed by atoms with van der Waals surface area (Å²) in [7, 11) is 0. The molecular formula is C55H90O8. The van der Waals surface area contributed by atoms with Crippen LogP contribution >= 0.6 is 0 Å². The second-order valence-corrected chi connectivity index (χ2v) is 22.1. The van der Waals surface area contributed by atoms with Gasteiger partial charge in [0.2, 0.25) is 0 Å². The molecule has 6 N–H and O–H groups in total. The maximum Gasteiger partial charge on any atom is 0.0811 e. The fourth-order valence-electron chi connectivity index (χ4n) is 13.0. The Balaban J connectivity index is 0.000000239. The number of rotatable bonds is 15. The molecule has 6 fully saturated rings. The number of allylic oxidation sites excluding steroid dienone is 6. The molecular weight excluding hydrogens is 789 g/mol. The van der Waals surface area contributed by atoms with E-state index in [1.807, 2.05) is 13.8 Å². The van der Waals surface area contributed by atoms with Crippen molar-refractivity contribution in [2.24, 2.45) is 34.5 Å². The van der Waals surface area contributed by atoms with E-state index in [-0.39, 0.29) is 23.0 Å². The minimum Gasteiger partial charge on any atom is -0.393 e. The van der Waals surface area contributed by atoms with Crippen molar-refractivity contribution in [3.8, 4) is 0 Å². The summed E-state index contributed by atoms with van der Waals surface area (Å²) in [6.45, 7) is 26.6. The van der Waals surface area contributed by atoms with Gasteiger partial charge in [0.15, 0.2) is 0 Å². The van der Waals surface area contributed by atoms with E-state index in [2.05, 4.69) is 79.0 Å². The zero-order valence-corrected chi connectivity index (χ0v) is 40.8. The van der Waals surface area contributed by atoms with E-state index in [1.54, 1.807) is 0 Å². The van der Waals surface area contributed by atoms with Crippen molar-refractivity contribution < 1.29 is 40.1 Å². The molecule has 6 saturated carbocycles. The average molecular weight is 879 g/mol. The van der Waals surface area contributed by atoms with E-state index < -0.39 is 35.6 Å². The molecule has 6 aliphatic carbocycles. The van der Waals surface area contributed by atoms with Crippen molar-refractivity contribution >= 4 is 0 Å². The van der Waals surface area contributed by atoms with E-state index in [9.17, 15) is 30.6 Å². The first kappa shape index (κ1) is 52.1. The van der Waals surface area contributed by atoms with Crippen molar-refractivity contribution in [2.75, 3.05) is 13.2 Å². The molecule has 0 aromatic carbocycles. The second-order valence-electron chi connectivity index (χ2n) is 22.1. The zero-order chi connectivity index (χ0) is 46.3. The second kappa shape index (κ2) is 22.3. The maximum absolute atomic E-state index is 10.5. The SMILES string of the molecule is C=C1/C(=C\C=C2/CCC[C@@]3(C)C2CC[C@@H]3[C@@H](C)OCCCC(O)(CC)CC)C[C@@H](O)C[C@@H]1O.C=C1/C(=C\C=C2/CCC[C@@]3(C)C2CC[C@@H]3[C@H](C)OCCC(C)(C)O)C[C@@H](O)C[C@@H]1O. The van der Waals surface area contributed by atoms with Gasteiger partial charge in [0.05, 0.1) is 47.8 Å². The topological polar surface area (TPSA) is 140 Å². The van der Waals surface area contributed by atoms with Crippen LogP contribution < -0.4 is 0 Å². The van der Waals surface area contributed by atoms with Gasteiger partial charge in [-0.3, -0.25) is 0 Å². The number of ether oxygens (including phenoxy) is 2. The van der Waals surface area contributed by atoms with Crippen LogP contribution in [0.5, 0.6) is 0 Å². The Labute approximate surface area is 382 Å². The van der Waals surface area contributed by atoms with Gasteiger partial charge in [-0.05, 0) is 194 Å². The molecule has 358 valence electrons. The molecule has 6 aliphatic rings. The lowest BCUT2D eigenvalue weighted by atomic mass is 9.62. The van der Waals surface area contributed by atoms with Gasteiger partial charge in [-0.2, -0.15) is 0 Å². The van der Waals surface area contributed by atoms with Crippen LogP contribution in [0.3, 0.4) is 0 Å². The molecule has 0 saturated heterocycles. The van der Waals surface area contributed by atoms with Gasteiger partial charge < -0.3 is 40.1 Å². The minimum absolute atomic E-state index is 0.198. The lowest BCUT2D eigenvalue weighted by molar-refractivity contribution is -0.0454. The Kier molecular flexibility index (Phi) is 18.4. The van der Waals surface area contributed by atoms with Crippen molar-refractivity contribution in [1.82, 2.24) is 0 Å². The summed E-state index contributed by atoms with van der Waals surface area (Å²) in [5.74, 6) is 2.24. The van der Waals surface area contributed by atoms with Crippen molar-refractivity contribution in [3.05, 3.63) is 70.9 Å². The molecule has 63 heavy (non-hydrogen) atoms. The summed E-state index contributed by atoms with van der Waals surface area (Å²) in [6.07, 6.45) is 24.8. The molecule has 12 atom stereocenters. The van der Waals surface area contributed by atoms with Gasteiger partial charge in [0.25, 0.3) is 0 Å². The van der Waals surface area contributed by atoms with Crippen LogP contribution in [0.1, 0.15) is 177 Å². The van der Waals surface area contributed by atoms with Crippen LogP contribution in [0.2, 0.25) is 0 Å². The first-order valence-corrected chi connectivity index (χ1v) is 25.2. The summed E-state index contributed by atoms with van der Waals surface area (Å²) in [5.41, 5.74) is 5.82. The summed E-state index contributed by atoms with van der Waals surface area (Å²) >= 11 is 0. The summed E-state index contributed by atoms with van der Waals surface area (Å²) in [4.78, 5) is 0. The third kappa shape index (κ3) is 13.0. The minimum atomic E-state index is -0.680. The largest absolute Gasteiger partial charge is 0.393 e. The number of fused-ring (bicyclic) bond motifs is 2. The summed E-state index contributed by atoms with van der Waals surface area (Å²) in [5, 5.41) is 60.8. The molecule has 8 heteroatoms. The standard InChI is InChI=1S/C29H48O4.C26H42O4/c1-6-29(32,7-2)16-9-17-33-21(4)25-13-14-26-22(10-8-15-28(25,26)5)11-12-23-18-24(30)19-27(31)20(23)3;1-17-20(15-21(27)16-24(17)28)9-8-19-7-6-12-26(5)22(10-11-23(19)26)18(2)30-14-13-25(3,4)29/h11-12,21,24-27,30-32H,3,6-10,13-19H2,1-2,4-5H3;8-9,18,21-24,27-29H,1,6-7,10-16H2,2-5H3/b22-11+,23-12-;19-8+,20-9-/t21-,24-,25-,26?,27+,28-;18-,21+,22+,23?,24-,26+/m10/s1. The van der Waals surface area contributed by atoms with Crippen LogP contribution in [-0.4, -0.2) is 91.7 Å². The third-order valence-electron chi connectivity index (χ3n) is 17.3. The monoisotopic (exact) mass is 879 g/mol. The zero-order valence-electron chi connectivity index (χ0n) is 40.8. The van der Waals surface area contributed by atoms with Gasteiger partial charge in [-0.15, -0.1) is 0 Å². The molecule has 0 heterocycles. The lowest BCUT2D eigenvalue weighted by Gasteiger charge is -2.44. The Bertz CT molecular complexity index is 1660. The lowest BCUT2D eigenvalue weighted by Crippen LogP contribution is -2.39. The van der Waals surface area contributed by atoms with E-state index in [0.29, 0.717) is 62.4 Å². The summed E-state index contributed by atoms with van der Waals surface area (Å²) in [6, 6.07) is 0. The molecule has 2 unspecified atom stereocenters. The quantitative estimate of drug-likeness (QED) is 0.0894. The number of hydrogen-bond donors (Lipinski definition) is 6. The van der Waals surface area contributed by atoms with Gasteiger partial charge >= 0.3 is 0 Å². The Morgan fingerprint density at radius 1 is 0.667 bits per heavy atom. The molecule has 8 nitrogen and oxygen atoms in total. The molecule has 0 bridgehead atoms. The van der Waals surface area contributed by atoms with Crippen molar-refractivity contribution in [3.63, 3.8) is 0 Å². The van der Waals surface area contributed by atoms with Gasteiger partial charge in [-0.25, -0.2) is 0 Å². The fraction of sp³-hybridized carbons (Fsp3) is 0.782.